The Morgan fingerprint density at radius 2 is 1.78 bits per heavy atom. The monoisotopic (exact) mass is 358 g/mol. The lowest BCUT2D eigenvalue weighted by Gasteiger charge is -2.38. The van der Waals surface area contributed by atoms with Crippen molar-refractivity contribution in [3.63, 3.8) is 0 Å². The summed E-state index contributed by atoms with van der Waals surface area (Å²) >= 11 is 6.09. The van der Waals surface area contributed by atoms with Crippen molar-refractivity contribution >= 4 is 27.3 Å². The molecule has 2 aliphatic rings. The van der Waals surface area contributed by atoms with Crippen molar-refractivity contribution in [3.05, 3.63) is 28.8 Å². The lowest BCUT2D eigenvalue weighted by Crippen LogP contribution is -2.52. The largest absolute Gasteiger partial charge is 0.381 e. The summed E-state index contributed by atoms with van der Waals surface area (Å²) in [5.41, 5.74) is 2.26. The lowest BCUT2D eigenvalue weighted by atomic mass is 10.1. The summed E-state index contributed by atoms with van der Waals surface area (Å²) in [4.78, 5) is 2.22. The van der Waals surface area contributed by atoms with Gasteiger partial charge in [-0.15, -0.1) is 0 Å². The Balaban J connectivity index is 1.67. The minimum atomic E-state index is -3.21. The molecule has 0 aliphatic carbocycles. The summed E-state index contributed by atoms with van der Waals surface area (Å²) in [5.74, 6) is 0. The van der Waals surface area contributed by atoms with Crippen LogP contribution in [0, 0.1) is 6.92 Å². The average Bonchev–Trinajstić information content (AvgIpc) is 2.58. The van der Waals surface area contributed by atoms with Gasteiger partial charge in [0.05, 0.1) is 5.25 Å². The van der Waals surface area contributed by atoms with Crippen LogP contribution in [0.1, 0.15) is 18.4 Å². The summed E-state index contributed by atoms with van der Waals surface area (Å²) < 4.78 is 32.4. The number of benzene rings is 1. The number of hydrogen-bond acceptors (Lipinski definition) is 4. The van der Waals surface area contributed by atoms with Gasteiger partial charge in [-0.05, 0) is 37.5 Å². The highest BCUT2D eigenvalue weighted by Crippen LogP contribution is 2.27. The number of piperazine rings is 1. The van der Waals surface area contributed by atoms with Crippen molar-refractivity contribution in [2.45, 2.75) is 25.0 Å². The van der Waals surface area contributed by atoms with Crippen LogP contribution in [0.3, 0.4) is 0 Å². The molecule has 0 amide bonds. The van der Waals surface area contributed by atoms with Crippen molar-refractivity contribution in [1.29, 1.82) is 0 Å². The molecule has 3 rings (SSSR count). The van der Waals surface area contributed by atoms with E-state index in [4.69, 9.17) is 16.3 Å². The van der Waals surface area contributed by atoms with Crippen LogP contribution in [0.15, 0.2) is 18.2 Å². The molecule has 7 heteroatoms. The second kappa shape index (κ2) is 6.97. The van der Waals surface area contributed by atoms with Crippen LogP contribution in [-0.2, 0) is 14.8 Å². The fourth-order valence-electron chi connectivity index (χ4n) is 3.29. The second-order valence-electron chi connectivity index (χ2n) is 6.17. The van der Waals surface area contributed by atoms with Gasteiger partial charge in [-0.2, -0.15) is 4.31 Å². The van der Waals surface area contributed by atoms with E-state index in [-0.39, 0.29) is 5.25 Å². The van der Waals surface area contributed by atoms with E-state index in [1.54, 1.807) is 4.31 Å². The first-order valence-electron chi connectivity index (χ1n) is 8.06. The summed E-state index contributed by atoms with van der Waals surface area (Å²) in [6.07, 6.45) is 1.21. The molecular weight excluding hydrogens is 336 g/mol. The van der Waals surface area contributed by atoms with Gasteiger partial charge >= 0.3 is 0 Å². The van der Waals surface area contributed by atoms with E-state index in [1.807, 2.05) is 18.2 Å². The maximum absolute atomic E-state index is 12.7. The van der Waals surface area contributed by atoms with Crippen LogP contribution in [0.4, 0.5) is 5.69 Å². The van der Waals surface area contributed by atoms with E-state index in [1.165, 1.54) is 0 Å². The van der Waals surface area contributed by atoms with Crippen LogP contribution in [0.5, 0.6) is 0 Å². The number of rotatable bonds is 3. The number of hydrogen-bond donors (Lipinski definition) is 0. The van der Waals surface area contributed by atoms with Crippen LogP contribution >= 0.6 is 11.6 Å². The Hall–Kier alpha value is -0.820. The zero-order valence-corrected chi connectivity index (χ0v) is 14.9. The quantitative estimate of drug-likeness (QED) is 0.831. The predicted molar refractivity (Wildman–Crippen MR) is 92.7 cm³/mol. The molecule has 2 saturated heterocycles. The SMILES string of the molecule is Cc1ccc(Cl)cc1N1CCN(S(=O)(=O)C2CCOCC2)CC1. The summed E-state index contributed by atoms with van der Waals surface area (Å²) in [5, 5.41) is 0.429. The number of aryl methyl sites for hydroxylation is 1. The smallest absolute Gasteiger partial charge is 0.217 e. The van der Waals surface area contributed by atoms with Gasteiger partial charge in [0.1, 0.15) is 0 Å². The van der Waals surface area contributed by atoms with Crippen LogP contribution in [-0.4, -0.2) is 57.4 Å². The maximum Gasteiger partial charge on any atom is 0.217 e. The highest BCUT2D eigenvalue weighted by Gasteiger charge is 2.35. The Bertz CT molecular complexity index is 651. The first-order chi connectivity index (χ1) is 11.0. The van der Waals surface area contributed by atoms with Crippen molar-refractivity contribution in [1.82, 2.24) is 4.31 Å². The van der Waals surface area contributed by atoms with Crippen LogP contribution < -0.4 is 4.90 Å². The first-order valence-corrected chi connectivity index (χ1v) is 9.94. The van der Waals surface area contributed by atoms with E-state index < -0.39 is 10.0 Å². The molecule has 2 fully saturated rings. The van der Waals surface area contributed by atoms with Gasteiger partial charge in [0, 0.05) is 50.1 Å². The molecule has 0 bridgehead atoms. The van der Waals surface area contributed by atoms with E-state index in [0.717, 1.165) is 11.3 Å². The normalized spacial score (nSPS) is 21.6. The third-order valence-corrected chi connectivity index (χ3v) is 7.33. The minimum absolute atomic E-state index is 0.282. The topological polar surface area (TPSA) is 49.9 Å². The first kappa shape index (κ1) is 17.0. The summed E-state index contributed by atoms with van der Waals surface area (Å²) in [6.45, 7) is 5.61. The van der Waals surface area contributed by atoms with Crippen molar-refractivity contribution in [3.8, 4) is 0 Å². The molecule has 2 aliphatic heterocycles. The molecule has 0 aromatic heterocycles. The molecule has 0 unspecified atom stereocenters. The average molecular weight is 359 g/mol. The van der Waals surface area contributed by atoms with Crippen LogP contribution in [0.25, 0.3) is 0 Å². The van der Waals surface area contributed by atoms with E-state index >= 15 is 0 Å². The number of anilines is 1. The van der Waals surface area contributed by atoms with Crippen molar-refractivity contribution in [2.75, 3.05) is 44.3 Å². The Morgan fingerprint density at radius 3 is 2.43 bits per heavy atom. The molecule has 23 heavy (non-hydrogen) atoms. The van der Waals surface area contributed by atoms with Gasteiger partial charge in [-0.3, -0.25) is 0 Å². The van der Waals surface area contributed by atoms with Gasteiger partial charge in [0.2, 0.25) is 10.0 Å². The standard InChI is InChI=1S/C16H23ClN2O3S/c1-13-2-3-14(17)12-16(13)18-6-8-19(9-7-18)23(20,21)15-4-10-22-11-5-15/h2-3,12,15H,4-11H2,1H3. The molecular formula is C16H23ClN2O3S. The summed E-state index contributed by atoms with van der Waals surface area (Å²) in [6, 6.07) is 5.84. The van der Waals surface area contributed by atoms with Crippen molar-refractivity contribution in [2.24, 2.45) is 0 Å². The van der Waals surface area contributed by atoms with E-state index in [9.17, 15) is 8.42 Å². The molecule has 5 nitrogen and oxygen atoms in total. The molecule has 0 radical (unpaired) electrons. The van der Waals surface area contributed by atoms with Gasteiger partial charge < -0.3 is 9.64 Å². The van der Waals surface area contributed by atoms with Gasteiger partial charge in [-0.1, -0.05) is 17.7 Å². The van der Waals surface area contributed by atoms with Crippen LogP contribution in [0.2, 0.25) is 5.02 Å². The van der Waals surface area contributed by atoms with Gasteiger partial charge in [-0.25, -0.2) is 8.42 Å². The van der Waals surface area contributed by atoms with Gasteiger partial charge in [0.25, 0.3) is 0 Å². The second-order valence-corrected chi connectivity index (χ2v) is 8.82. The third kappa shape index (κ3) is 3.65. The number of halogens is 1. The molecule has 128 valence electrons. The minimum Gasteiger partial charge on any atom is -0.381 e. The van der Waals surface area contributed by atoms with E-state index in [0.29, 0.717) is 57.3 Å². The molecule has 0 saturated carbocycles. The molecule has 2 heterocycles. The fourth-order valence-corrected chi connectivity index (χ4v) is 5.34. The Kier molecular flexibility index (Phi) is 5.16. The fraction of sp³-hybridized carbons (Fsp3) is 0.625. The highest BCUT2D eigenvalue weighted by molar-refractivity contribution is 7.89. The van der Waals surface area contributed by atoms with Gasteiger partial charge in [0.15, 0.2) is 0 Å². The zero-order chi connectivity index (χ0) is 16.4. The lowest BCUT2D eigenvalue weighted by molar-refractivity contribution is 0.0971. The summed E-state index contributed by atoms with van der Waals surface area (Å²) in [7, 11) is -3.21. The van der Waals surface area contributed by atoms with Crippen molar-refractivity contribution < 1.29 is 13.2 Å². The molecule has 0 N–H and O–H groups in total. The zero-order valence-electron chi connectivity index (χ0n) is 13.4. The molecule has 1 aromatic carbocycles. The number of nitrogens with zero attached hydrogens (tertiary/aromatic N) is 2. The third-order valence-electron chi connectivity index (χ3n) is 4.70. The molecule has 1 aromatic rings. The molecule has 0 spiro atoms. The Morgan fingerprint density at radius 1 is 1.13 bits per heavy atom. The predicted octanol–water partition coefficient (Wildman–Crippen LogP) is 2.28. The highest BCUT2D eigenvalue weighted by atomic mass is 35.5. The number of sulfonamides is 1. The Labute approximate surface area is 143 Å². The van der Waals surface area contributed by atoms with E-state index in [2.05, 4.69) is 11.8 Å². The molecule has 0 atom stereocenters. The maximum atomic E-state index is 12.7. The number of ether oxygens (including phenoxy) is 1.